The molecule has 1 aromatic rings. The van der Waals surface area contributed by atoms with E-state index in [4.69, 9.17) is 4.74 Å². The van der Waals surface area contributed by atoms with Crippen molar-refractivity contribution < 1.29 is 14.6 Å². The van der Waals surface area contributed by atoms with E-state index in [0.29, 0.717) is 17.9 Å². The van der Waals surface area contributed by atoms with Crippen molar-refractivity contribution in [3.63, 3.8) is 0 Å². The molecule has 1 aromatic carbocycles. The number of carbonyl (C=O) groups excluding carboxylic acids is 1. The molecule has 1 amide bonds. The second kappa shape index (κ2) is 6.26. The fourth-order valence-electron chi connectivity index (χ4n) is 1.61. The lowest BCUT2D eigenvalue weighted by molar-refractivity contribution is -0.130. The number of hydrogen-bond donors (Lipinski definition) is 2. The number of benzene rings is 1. The SMILES string of the molecule is COc1cccc(CNC(C)C(=O)N(C)C)c1O. The maximum Gasteiger partial charge on any atom is 0.238 e. The third kappa shape index (κ3) is 3.37. The van der Waals surface area contributed by atoms with E-state index in [0.717, 1.165) is 0 Å². The molecule has 0 fully saturated rings. The van der Waals surface area contributed by atoms with Gasteiger partial charge in [-0.05, 0) is 13.0 Å². The molecule has 0 bridgehead atoms. The summed E-state index contributed by atoms with van der Waals surface area (Å²) in [5.41, 5.74) is 0.702. The van der Waals surface area contributed by atoms with E-state index < -0.39 is 0 Å². The number of para-hydroxylation sites is 1. The molecular formula is C13H20N2O3. The molecule has 5 heteroatoms. The summed E-state index contributed by atoms with van der Waals surface area (Å²) >= 11 is 0. The van der Waals surface area contributed by atoms with Crippen molar-refractivity contribution in [2.45, 2.75) is 19.5 Å². The minimum atomic E-state index is -0.300. The van der Waals surface area contributed by atoms with Crippen LogP contribution in [0.15, 0.2) is 18.2 Å². The van der Waals surface area contributed by atoms with Gasteiger partial charge in [0.1, 0.15) is 0 Å². The molecule has 0 aromatic heterocycles. The third-order valence-electron chi connectivity index (χ3n) is 2.71. The number of phenols is 1. The molecule has 1 unspecified atom stereocenters. The zero-order chi connectivity index (χ0) is 13.7. The van der Waals surface area contributed by atoms with E-state index >= 15 is 0 Å². The van der Waals surface area contributed by atoms with Crippen LogP contribution < -0.4 is 10.1 Å². The monoisotopic (exact) mass is 252 g/mol. The van der Waals surface area contributed by atoms with Crippen LogP contribution in [0.5, 0.6) is 11.5 Å². The van der Waals surface area contributed by atoms with Crippen LogP contribution in [-0.4, -0.2) is 43.2 Å². The largest absolute Gasteiger partial charge is 0.504 e. The highest BCUT2D eigenvalue weighted by molar-refractivity contribution is 5.80. The molecule has 0 saturated heterocycles. The molecule has 0 aliphatic rings. The molecule has 0 aliphatic heterocycles. The normalized spacial score (nSPS) is 12.0. The fourth-order valence-corrected chi connectivity index (χ4v) is 1.61. The summed E-state index contributed by atoms with van der Waals surface area (Å²) in [7, 11) is 4.93. The van der Waals surface area contributed by atoms with Crippen LogP contribution in [0, 0.1) is 0 Å². The van der Waals surface area contributed by atoms with E-state index in [1.54, 1.807) is 39.2 Å². The van der Waals surface area contributed by atoms with Gasteiger partial charge in [-0.2, -0.15) is 0 Å². The number of ether oxygens (including phenoxy) is 1. The average Bonchev–Trinajstić information content (AvgIpc) is 2.36. The van der Waals surface area contributed by atoms with E-state index in [1.165, 1.54) is 12.0 Å². The number of nitrogens with one attached hydrogen (secondary N) is 1. The lowest BCUT2D eigenvalue weighted by atomic mass is 10.1. The first-order valence-electron chi connectivity index (χ1n) is 5.76. The minimum absolute atomic E-state index is 0.00242. The first-order chi connectivity index (χ1) is 8.47. The maximum absolute atomic E-state index is 11.6. The standard InChI is InChI=1S/C13H20N2O3/c1-9(13(17)15(2)3)14-8-10-6-5-7-11(18-4)12(10)16/h5-7,9,14,16H,8H2,1-4H3. The zero-order valence-corrected chi connectivity index (χ0v) is 11.2. The molecule has 2 N–H and O–H groups in total. The predicted octanol–water partition coefficient (Wildman–Crippen LogP) is 0.967. The molecular weight excluding hydrogens is 232 g/mol. The molecule has 100 valence electrons. The summed E-state index contributed by atoms with van der Waals surface area (Å²) in [5, 5.41) is 13.0. The quantitative estimate of drug-likeness (QED) is 0.819. The Morgan fingerprint density at radius 2 is 2.17 bits per heavy atom. The molecule has 1 rings (SSSR count). The molecule has 0 radical (unpaired) electrons. The highest BCUT2D eigenvalue weighted by Crippen LogP contribution is 2.29. The summed E-state index contributed by atoms with van der Waals surface area (Å²) in [6.45, 7) is 2.20. The highest BCUT2D eigenvalue weighted by atomic mass is 16.5. The van der Waals surface area contributed by atoms with Crippen molar-refractivity contribution in [3.05, 3.63) is 23.8 Å². The number of likely N-dealkylation sites (N-methyl/N-ethyl adjacent to an activating group) is 1. The zero-order valence-electron chi connectivity index (χ0n) is 11.2. The Morgan fingerprint density at radius 1 is 1.50 bits per heavy atom. The maximum atomic E-state index is 11.6. The van der Waals surface area contributed by atoms with Gasteiger partial charge in [0.05, 0.1) is 13.2 Å². The van der Waals surface area contributed by atoms with Gasteiger partial charge < -0.3 is 20.1 Å². The second-order valence-electron chi connectivity index (χ2n) is 4.30. The van der Waals surface area contributed by atoms with Gasteiger partial charge in [-0.3, -0.25) is 4.79 Å². The van der Waals surface area contributed by atoms with Crippen LogP contribution in [0.2, 0.25) is 0 Å². The van der Waals surface area contributed by atoms with Crippen LogP contribution >= 0.6 is 0 Å². The Morgan fingerprint density at radius 3 is 2.72 bits per heavy atom. The number of rotatable bonds is 5. The molecule has 0 heterocycles. The number of phenolic OH excluding ortho intramolecular Hbond substituents is 1. The smallest absolute Gasteiger partial charge is 0.238 e. The average molecular weight is 252 g/mol. The number of methoxy groups -OCH3 is 1. The van der Waals surface area contributed by atoms with Crippen molar-refractivity contribution in [1.29, 1.82) is 0 Å². The summed E-state index contributed by atoms with van der Waals surface area (Å²) in [6, 6.07) is 4.98. The van der Waals surface area contributed by atoms with Crippen molar-refractivity contribution in [1.82, 2.24) is 10.2 Å². The molecule has 1 atom stereocenters. The fraction of sp³-hybridized carbons (Fsp3) is 0.462. The first-order valence-corrected chi connectivity index (χ1v) is 5.76. The van der Waals surface area contributed by atoms with Gasteiger partial charge in [-0.1, -0.05) is 12.1 Å². The number of nitrogens with zero attached hydrogens (tertiary/aromatic N) is 1. The topological polar surface area (TPSA) is 61.8 Å². The van der Waals surface area contributed by atoms with Crippen molar-refractivity contribution in [2.75, 3.05) is 21.2 Å². The summed E-state index contributed by atoms with van der Waals surface area (Å²) in [4.78, 5) is 13.2. The number of carbonyl (C=O) groups is 1. The van der Waals surface area contributed by atoms with Crippen LogP contribution in [0.4, 0.5) is 0 Å². The predicted molar refractivity (Wildman–Crippen MR) is 69.7 cm³/mol. The number of aromatic hydroxyl groups is 1. The van der Waals surface area contributed by atoms with Crippen LogP contribution in [0.3, 0.4) is 0 Å². The van der Waals surface area contributed by atoms with Gasteiger partial charge in [0.25, 0.3) is 0 Å². The summed E-state index contributed by atoms with van der Waals surface area (Å²) < 4.78 is 5.03. The van der Waals surface area contributed by atoms with Crippen molar-refractivity contribution >= 4 is 5.91 Å². The van der Waals surface area contributed by atoms with Gasteiger partial charge in [0.15, 0.2) is 11.5 Å². The van der Waals surface area contributed by atoms with E-state index in [1.807, 2.05) is 0 Å². The van der Waals surface area contributed by atoms with Crippen LogP contribution in [-0.2, 0) is 11.3 Å². The van der Waals surface area contributed by atoms with E-state index in [9.17, 15) is 9.90 Å². The summed E-state index contributed by atoms with van der Waals surface area (Å²) in [5.74, 6) is 0.537. The van der Waals surface area contributed by atoms with E-state index in [-0.39, 0.29) is 17.7 Å². The number of hydrogen-bond acceptors (Lipinski definition) is 4. The highest BCUT2D eigenvalue weighted by Gasteiger charge is 2.15. The van der Waals surface area contributed by atoms with Crippen LogP contribution in [0.25, 0.3) is 0 Å². The Kier molecular flexibility index (Phi) is 4.97. The lowest BCUT2D eigenvalue weighted by Gasteiger charge is -2.18. The Bertz CT molecular complexity index is 419. The van der Waals surface area contributed by atoms with Gasteiger partial charge >= 0.3 is 0 Å². The van der Waals surface area contributed by atoms with Crippen molar-refractivity contribution in [3.8, 4) is 11.5 Å². The molecule has 0 saturated carbocycles. The second-order valence-corrected chi connectivity index (χ2v) is 4.30. The Balaban J connectivity index is 2.67. The van der Waals surface area contributed by atoms with Gasteiger partial charge in [-0.25, -0.2) is 0 Å². The van der Waals surface area contributed by atoms with Gasteiger partial charge in [0, 0.05) is 26.2 Å². The Labute approximate surface area is 107 Å². The lowest BCUT2D eigenvalue weighted by Crippen LogP contribution is -2.41. The molecule has 0 spiro atoms. The third-order valence-corrected chi connectivity index (χ3v) is 2.71. The summed E-state index contributed by atoms with van der Waals surface area (Å²) in [6.07, 6.45) is 0. The Hall–Kier alpha value is -1.75. The minimum Gasteiger partial charge on any atom is -0.504 e. The first kappa shape index (κ1) is 14.3. The van der Waals surface area contributed by atoms with E-state index in [2.05, 4.69) is 5.32 Å². The number of amides is 1. The molecule has 18 heavy (non-hydrogen) atoms. The van der Waals surface area contributed by atoms with Gasteiger partial charge in [0.2, 0.25) is 5.91 Å². The van der Waals surface area contributed by atoms with Crippen molar-refractivity contribution in [2.24, 2.45) is 0 Å². The molecule has 0 aliphatic carbocycles. The van der Waals surface area contributed by atoms with Crippen LogP contribution in [0.1, 0.15) is 12.5 Å². The molecule has 5 nitrogen and oxygen atoms in total. The van der Waals surface area contributed by atoms with Gasteiger partial charge in [-0.15, -0.1) is 0 Å².